The molecular weight excluding hydrogens is 390 g/mol. The van der Waals surface area contributed by atoms with Gasteiger partial charge in [-0.1, -0.05) is 12.8 Å². The summed E-state index contributed by atoms with van der Waals surface area (Å²) in [5, 5.41) is 5.12. The topological polar surface area (TPSA) is 55.9 Å². The van der Waals surface area contributed by atoms with Gasteiger partial charge in [0.05, 0.1) is 26.3 Å². The minimum atomic E-state index is 0.479. The minimum absolute atomic E-state index is 0.479. The van der Waals surface area contributed by atoms with E-state index in [0.717, 1.165) is 74.3 Å². The number of hydrogen-bond acceptors (Lipinski definition) is 6. The summed E-state index contributed by atoms with van der Waals surface area (Å²) in [4.78, 5) is 7.61. The van der Waals surface area contributed by atoms with Crippen LogP contribution in [0.5, 0.6) is 11.5 Å². The van der Waals surface area contributed by atoms with Crippen molar-refractivity contribution in [2.24, 2.45) is 0 Å². The number of nitrogens with one attached hydrogen (secondary N) is 1. The number of nitrogens with zero attached hydrogens (tertiary/aromatic N) is 2. The minimum Gasteiger partial charge on any atom is -0.493 e. The third-order valence-corrected chi connectivity index (χ3v) is 6.81. The summed E-state index contributed by atoms with van der Waals surface area (Å²) in [6.45, 7) is 4.06. The van der Waals surface area contributed by atoms with Gasteiger partial charge in [0, 0.05) is 55.6 Å². The van der Waals surface area contributed by atoms with Crippen molar-refractivity contribution >= 4 is 16.6 Å². The van der Waals surface area contributed by atoms with Crippen LogP contribution in [0.4, 0.5) is 5.69 Å². The highest BCUT2D eigenvalue weighted by Crippen LogP contribution is 2.39. The number of rotatable bonds is 7. The van der Waals surface area contributed by atoms with E-state index in [4.69, 9.17) is 19.2 Å². The van der Waals surface area contributed by atoms with Gasteiger partial charge in [0.2, 0.25) is 0 Å². The van der Waals surface area contributed by atoms with E-state index in [9.17, 15) is 0 Å². The van der Waals surface area contributed by atoms with Crippen molar-refractivity contribution in [2.75, 3.05) is 52.9 Å². The highest BCUT2D eigenvalue weighted by Gasteiger charge is 2.23. The third kappa shape index (κ3) is 5.07. The van der Waals surface area contributed by atoms with E-state index in [1.807, 2.05) is 6.07 Å². The monoisotopic (exact) mass is 427 g/mol. The lowest BCUT2D eigenvalue weighted by Crippen LogP contribution is -2.40. The van der Waals surface area contributed by atoms with Crippen LogP contribution in [0.1, 0.15) is 49.8 Å². The van der Waals surface area contributed by atoms with Gasteiger partial charge in [-0.15, -0.1) is 0 Å². The summed E-state index contributed by atoms with van der Waals surface area (Å²) < 4.78 is 16.5. The zero-order chi connectivity index (χ0) is 21.6. The molecule has 0 saturated carbocycles. The molecule has 1 saturated heterocycles. The van der Waals surface area contributed by atoms with E-state index in [2.05, 4.69) is 16.3 Å². The van der Waals surface area contributed by atoms with Crippen LogP contribution in [0.3, 0.4) is 0 Å². The lowest BCUT2D eigenvalue weighted by molar-refractivity contribution is 0.132. The molecule has 0 spiro atoms. The Morgan fingerprint density at radius 3 is 2.39 bits per heavy atom. The van der Waals surface area contributed by atoms with Gasteiger partial charge in [-0.25, -0.2) is 0 Å². The molecule has 0 bridgehead atoms. The van der Waals surface area contributed by atoms with E-state index < -0.39 is 0 Å². The quantitative estimate of drug-likeness (QED) is 0.705. The summed E-state index contributed by atoms with van der Waals surface area (Å²) in [5.74, 6) is 1.51. The Morgan fingerprint density at radius 2 is 1.68 bits per heavy atom. The van der Waals surface area contributed by atoms with Gasteiger partial charge in [-0.05, 0) is 50.2 Å². The van der Waals surface area contributed by atoms with E-state index in [-0.39, 0.29) is 0 Å². The molecule has 0 radical (unpaired) electrons. The van der Waals surface area contributed by atoms with Crippen LogP contribution in [0.2, 0.25) is 0 Å². The van der Waals surface area contributed by atoms with Crippen LogP contribution < -0.4 is 14.8 Å². The average Bonchev–Trinajstić information content (AvgIpc) is 2.78. The molecule has 0 unspecified atom stereocenters. The lowest BCUT2D eigenvalue weighted by atomic mass is 9.93. The summed E-state index contributed by atoms with van der Waals surface area (Å²) in [5.41, 5.74) is 4.95. The lowest BCUT2D eigenvalue weighted by Gasteiger charge is -2.33. The van der Waals surface area contributed by atoms with Gasteiger partial charge < -0.3 is 24.4 Å². The number of aryl methyl sites for hydroxylation is 1. The van der Waals surface area contributed by atoms with Crippen LogP contribution in [0, 0.1) is 0 Å². The predicted molar refractivity (Wildman–Crippen MR) is 126 cm³/mol. The molecule has 6 heteroatoms. The molecule has 0 atom stereocenters. The molecular formula is C25H37N3O3. The molecule has 2 aromatic rings. The first-order chi connectivity index (χ1) is 15.2. The second-order valence-electron chi connectivity index (χ2n) is 8.80. The number of anilines is 1. The number of benzene rings is 1. The van der Waals surface area contributed by atoms with E-state index in [1.165, 1.54) is 42.6 Å². The van der Waals surface area contributed by atoms with Crippen molar-refractivity contribution in [1.29, 1.82) is 0 Å². The fraction of sp³-hybridized carbons (Fsp3) is 0.640. The summed E-state index contributed by atoms with van der Waals surface area (Å²) in [6.07, 6.45) is 9.51. The van der Waals surface area contributed by atoms with E-state index in [0.29, 0.717) is 6.04 Å². The normalized spacial score (nSPS) is 18.3. The standard InChI is InChI=1S/C25H37N3O3/c1-29-15-14-28-12-10-18(11-13-28)26-25-19-8-6-4-5-7-9-21(19)27-22-17-24(31-3)23(30-2)16-20(22)25/h16-18H,4-15H2,1-3H3,(H,26,27). The van der Waals surface area contributed by atoms with Crippen molar-refractivity contribution in [3.05, 3.63) is 23.4 Å². The van der Waals surface area contributed by atoms with Crippen LogP contribution in [-0.4, -0.2) is 63.5 Å². The number of ether oxygens (including phenoxy) is 3. The smallest absolute Gasteiger partial charge is 0.162 e. The molecule has 2 aliphatic rings. The number of hydrogen-bond donors (Lipinski definition) is 1. The second-order valence-corrected chi connectivity index (χ2v) is 8.80. The first-order valence-electron chi connectivity index (χ1n) is 11.8. The Hall–Kier alpha value is -2.05. The van der Waals surface area contributed by atoms with Crippen molar-refractivity contribution < 1.29 is 14.2 Å². The maximum Gasteiger partial charge on any atom is 0.162 e. The maximum absolute atomic E-state index is 5.63. The predicted octanol–water partition coefficient (Wildman–Crippen LogP) is 4.43. The Morgan fingerprint density at radius 1 is 0.968 bits per heavy atom. The third-order valence-electron chi connectivity index (χ3n) is 6.81. The van der Waals surface area contributed by atoms with Gasteiger partial charge in [0.25, 0.3) is 0 Å². The fourth-order valence-corrected chi connectivity index (χ4v) is 4.99. The zero-order valence-electron chi connectivity index (χ0n) is 19.3. The van der Waals surface area contributed by atoms with Gasteiger partial charge in [-0.3, -0.25) is 4.98 Å². The largest absolute Gasteiger partial charge is 0.493 e. The number of fused-ring (bicyclic) bond motifs is 2. The van der Waals surface area contributed by atoms with Gasteiger partial charge in [0.15, 0.2) is 11.5 Å². The van der Waals surface area contributed by atoms with Crippen molar-refractivity contribution in [3.8, 4) is 11.5 Å². The van der Waals surface area contributed by atoms with E-state index in [1.54, 1.807) is 21.3 Å². The first-order valence-corrected chi connectivity index (χ1v) is 11.8. The van der Waals surface area contributed by atoms with Crippen molar-refractivity contribution in [2.45, 2.75) is 57.4 Å². The first kappa shape index (κ1) is 22.2. The summed E-state index contributed by atoms with van der Waals surface area (Å²) in [7, 11) is 5.17. The number of piperidine rings is 1. The second kappa shape index (κ2) is 10.5. The Kier molecular flexibility index (Phi) is 7.51. The molecule has 4 rings (SSSR count). The number of likely N-dealkylation sites (tertiary alicyclic amines) is 1. The fourth-order valence-electron chi connectivity index (χ4n) is 4.99. The number of methoxy groups -OCH3 is 3. The molecule has 2 heterocycles. The molecule has 1 fully saturated rings. The van der Waals surface area contributed by atoms with Gasteiger partial charge in [-0.2, -0.15) is 0 Å². The number of pyridine rings is 1. The summed E-state index contributed by atoms with van der Waals surface area (Å²) in [6, 6.07) is 4.62. The van der Waals surface area contributed by atoms with Crippen molar-refractivity contribution in [3.63, 3.8) is 0 Å². The molecule has 1 N–H and O–H groups in total. The SMILES string of the molecule is COCCN1CCC(Nc2c3c(nc4cc(OC)c(OC)cc24)CCCCCC3)CC1. The Labute approximate surface area is 186 Å². The molecule has 1 aliphatic carbocycles. The molecule has 1 aromatic carbocycles. The van der Waals surface area contributed by atoms with Crippen molar-refractivity contribution in [1.82, 2.24) is 9.88 Å². The molecule has 0 amide bonds. The molecule has 6 nitrogen and oxygen atoms in total. The highest BCUT2D eigenvalue weighted by molar-refractivity contribution is 5.96. The van der Waals surface area contributed by atoms with Gasteiger partial charge >= 0.3 is 0 Å². The molecule has 31 heavy (non-hydrogen) atoms. The highest BCUT2D eigenvalue weighted by atomic mass is 16.5. The van der Waals surface area contributed by atoms with Crippen LogP contribution in [0.15, 0.2) is 12.1 Å². The van der Waals surface area contributed by atoms with E-state index >= 15 is 0 Å². The van der Waals surface area contributed by atoms with Crippen LogP contribution in [-0.2, 0) is 17.6 Å². The van der Waals surface area contributed by atoms with Crippen LogP contribution in [0.25, 0.3) is 10.9 Å². The van der Waals surface area contributed by atoms with Crippen LogP contribution >= 0.6 is 0 Å². The van der Waals surface area contributed by atoms with Gasteiger partial charge in [0.1, 0.15) is 0 Å². The Balaban J connectivity index is 1.68. The average molecular weight is 428 g/mol. The zero-order valence-corrected chi connectivity index (χ0v) is 19.3. The molecule has 170 valence electrons. The molecule has 1 aromatic heterocycles. The summed E-state index contributed by atoms with van der Waals surface area (Å²) >= 11 is 0. The Bertz CT molecular complexity index is 878. The maximum atomic E-state index is 5.63. The molecule has 1 aliphatic heterocycles. The number of aromatic nitrogens is 1.